The molecule has 0 spiro atoms. The number of phenolic OH excluding ortho intramolecular Hbond substituents is 1. The lowest BCUT2D eigenvalue weighted by atomic mass is 9.95. The topological polar surface area (TPSA) is 167 Å². The molecule has 0 unspecified atom stereocenters. The third-order valence-electron chi connectivity index (χ3n) is 5.55. The number of carbonyl (C=O) groups excluding carboxylic acids is 1. The summed E-state index contributed by atoms with van der Waals surface area (Å²) in [5.74, 6) is -1.72. The number of aromatic nitrogens is 1. The lowest BCUT2D eigenvalue weighted by molar-refractivity contribution is -0.396. The van der Waals surface area contributed by atoms with Crippen LogP contribution in [-0.4, -0.2) is 32.6 Å². The van der Waals surface area contributed by atoms with E-state index in [1.54, 1.807) is 30.3 Å². The minimum absolute atomic E-state index is 0.0318. The number of phenols is 1. The van der Waals surface area contributed by atoms with Gasteiger partial charge in [0.1, 0.15) is 0 Å². The monoisotopic (exact) mass is 510 g/mol. The van der Waals surface area contributed by atoms with Crippen molar-refractivity contribution in [2.24, 2.45) is 4.99 Å². The standard InChI is InChI=1S/C23H18N4O8S/c1-3-14-18(22(30)35-2)19(13-7-5-4-6-8-13)25-21(29)17(36-23(25)24-14)11-12-9-15(26(31)32)20(28)16(10-12)27(33)34/h4-11,19,28H,3H2,1-2H3/b17-11+/t19-/m1/s1. The molecule has 1 aliphatic rings. The molecule has 1 aromatic heterocycles. The molecular formula is C23H18N4O8S. The van der Waals surface area contributed by atoms with Crippen LogP contribution in [0.4, 0.5) is 11.4 Å². The normalized spacial score (nSPS) is 15.3. The minimum Gasteiger partial charge on any atom is -0.497 e. The number of hydrogen-bond donors (Lipinski definition) is 1. The maximum Gasteiger partial charge on any atom is 0.338 e. The van der Waals surface area contributed by atoms with Crippen LogP contribution in [0.1, 0.15) is 30.5 Å². The van der Waals surface area contributed by atoms with Crippen molar-refractivity contribution < 1.29 is 24.5 Å². The van der Waals surface area contributed by atoms with E-state index < -0.39 is 44.5 Å². The summed E-state index contributed by atoms with van der Waals surface area (Å²) >= 11 is 0.968. The number of aromatic hydroxyl groups is 1. The van der Waals surface area contributed by atoms with Gasteiger partial charge in [-0.1, -0.05) is 48.6 Å². The Morgan fingerprint density at radius 2 is 1.81 bits per heavy atom. The average molecular weight is 510 g/mol. The van der Waals surface area contributed by atoms with Crippen LogP contribution in [0.2, 0.25) is 0 Å². The molecule has 0 saturated carbocycles. The van der Waals surface area contributed by atoms with E-state index >= 15 is 0 Å². The number of thiazole rings is 1. The summed E-state index contributed by atoms with van der Waals surface area (Å²) in [6, 6.07) is 9.88. The van der Waals surface area contributed by atoms with Crippen LogP contribution in [0, 0.1) is 20.2 Å². The van der Waals surface area contributed by atoms with Crippen molar-refractivity contribution in [1.82, 2.24) is 4.57 Å². The van der Waals surface area contributed by atoms with Gasteiger partial charge < -0.3 is 9.84 Å². The van der Waals surface area contributed by atoms with E-state index in [1.807, 2.05) is 6.92 Å². The maximum absolute atomic E-state index is 13.5. The first kappa shape index (κ1) is 24.5. The fourth-order valence-electron chi connectivity index (χ4n) is 3.95. The van der Waals surface area contributed by atoms with Gasteiger partial charge in [0.2, 0.25) is 0 Å². The lowest BCUT2D eigenvalue weighted by Gasteiger charge is -2.25. The first-order chi connectivity index (χ1) is 17.2. The van der Waals surface area contributed by atoms with Crippen molar-refractivity contribution in [1.29, 1.82) is 0 Å². The zero-order valence-corrected chi connectivity index (χ0v) is 19.7. The summed E-state index contributed by atoms with van der Waals surface area (Å²) in [5, 5.41) is 32.5. The van der Waals surface area contributed by atoms with Crippen molar-refractivity contribution in [2.45, 2.75) is 19.4 Å². The molecule has 184 valence electrons. The molecule has 0 radical (unpaired) electrons. The van der Waals surface area contributed by atoms with Crippen molar-refractivity contribution in [3.8, 4) is 5.75 Å². The van der Waals surface area contributed by atoms with Gasteiger partial charge in [-0.2, -0.15) is 0 Å². The molecule has 2 heterocycles. The van der Waals surface area contributed by atoms with Crippen molar-refractivity contribution in [2.75, 3.05) is 7.11 Å². The van der Waals surface area contributed by atoms with Gasteiger partial charge in [-0.15, -0.1) is 0 Å². The Balaban J connectivity index is 2.01. The Morgan fingerprint density at radius 3 is 2.33 bits per heavy atom. The summed E-state index contributed by atoms with van der Waals surface area (Å²) in [6.07, 6.45) is 1.63. The Bertz CT molecular complexity index is 1590. The highest BCUT2D eigenvalue weighted by molar-refractivity contribution is 7.07. The minimum atomic E-state index is -1.08. The number of fused-ring (bicyclic) bond motifs is 1. The quantitative estimate of drug-likeness (QED) is 0.299. The number of esters is 1. The highest BCUT2D eigenvalue weighted by Gasteiger charge is 2.34. The summed E-state index contributed by atoms with van der Waals surface area (Å²) in [4.78, 5) is 51.8. The van der Waals surface area contributed by atoms with Crippen LogP contribution in [-0.2, 0) is 9.53 Å². The largest absolute Gasteiger partial charge is 0.497 e. The molecule has 0 amide bonds. The van der Waals surface area contributed by atoms with E-state index in [0.717, 1.165) is 23.5 Å². The number of methoxy groups -OCH3 is 1. The molecule has 0 aliphatic carbocycles. The molecule has 2 aromatic carbocycles. The second kappa shape index (κ2) is 9.54. The second-order valence-electron chi connectivity index (χ2n) is 7.62. The summed E-state index contributed by atoms with van der Waals surface area (Å²) < 4.78 is 6.39. The van der Waals surface area contributed by atoms with E-state index in [1.165, 1.54) is 17.8 Å². The zero-order valence-electron chi connectivity index (χ0n) is 18.9. The highest BCUT2D eigenvalue weighted by atomic mass is 32.1. The van der Waals surface area contributed by atoms with E-state index in [9.17, 15) is 34.9 Å². The number of rotatable bonds is 6. The van der Waals surface area contributed by atoms with Crippen LogP contribution < -0.4 is 14.9 Å². The van der Waals surface area contributed by atoms with E-state index in [-0.39, 0.29) is 20.5 Å². The van der Waals surface area contributed by atoms with Gasteiger partial charge in [-0.25, -0.2) is 9.79 Å². The van der Waals surface area contributed by atoms with Crippen LogP contribution in [0.3, 0.4) is 0 Å². The van der Waals surface area contributed by atoms with Crippen LogP contribution >= 0.6 is 11.3 Å². The lowest BCUT2D eigenvalue weighted by Crippen LogP contribution is -2.40. The summed E-state index contributed by atoms with van der Waals surface area (Å²) in [6.45, 7) is 1.81. The van der Waals surface area contributed by atoms with Gasteiger partial charge in [-0.3, -0.25) is 29.6 Å². The first-order valence-electron chi connectivity index (χ1n) is 10.5. The fourth-order valence-corrected chi connectivity index (χ4v) is 4.97. The number of hydrogen-bond acceptors (Lipinski definition) is 10. The molecule has 3 aromatic rings. The van der Waals surface area contributed by atoms with Gasteiger partial charge in [-0.05, 0) is 23.6 Å². The van der Waals surface area contributed by atoms with E-state index in [2.05, 4.69) is 4.99 Å². The van der Waals surface area contributed by atoms with Gasteiger partial charge in [0.25, 0.3) is 11.3 Å². The predicted octanol–water partition coefficient (Wildman–Crippen LogP) is 2.32. The maximum atomic E-state index is 13.5. The van der Waals surface area contributed by atoms with Crippen molar-refractivity contribution >= 4 is 34.8 Å². The molecule has 0 saturated heterocycles. The van der Waals surface area contributed by atoms with E-state index in [4.69, 9.17) is 4.74 Å². The molecule has 0 fully saturated rings. The van der Waals surface area contributed by atoms with Gasteiger partial charge in [0.05, 0.1) is 38.8 Å². The van der Waals surface area contributed by atoms with Crippen LogP contribution in [0.5, 0.6) is 5.75 Å². The van der Waals surface area contributed by atoms with Gasteiger partial charge in [0.15, 0.2) is 4.80 Å². The molecular weight excluding hydrogens is 492 g/mol. The molecule has 1 N–H and O–H groups in total. The molecule has 0 bridgehead atoms. The second-order valence-corrected chi connectivity index (χ2v) is 8.63. The zero-order chi connectivity index (χ0) is 26.1. The van der Waals surface area contributed by atoms with Gasteiger partial charge >= 0.3 is 17.3 Å². The highest BCUT2D eigenvalue weighted by Crippen LogP contribution is 2.37. The number of nitrogens with zero attached hydrogens (tertiary/aromatic N) is 4. The van der Waals surface area contributed by atoms with E-state index in [0.29, 0.717) is 17.7 Å². The predicted molar refractivity (Wildman–Crippen MR) is 128 cm³/mol. The number of nitro groups is 2. The molecule has 12 nitrogen and oxygen atoms in total. The molecule has 1 atom stereocenters. The average Bonchev–Trinajstić information content (AvgIpc) is 3.17. The Labute approximate surface area is 206 Å². The third-order valence-corrected chi connectivity index (χ3v) is 6.53. The third kappa shape index (κ3) is 4.15. The number of nitro benzene ring substituents is 2. The molecule has 1 aliphatic heterocycles. The Morgan fingerprint density at radius 1 is 1.19 bits per heavy atom. The summed E-state index contributed by atoms with van der Waals surface area (Å²) in [5.41, 5.74) is -1.03. The van der Waals surface area contributed by atoms with Crippen molar-refractivity contribution in [3.05, 3.63) is 105 Å². The number of ether oxygens (including phenoxy) is 1. The molecule has 13 heteroatoms. The SMILES string of the molecule is CCC1=C(C(=O)OC)[C@@H](c2ccccc2)n2c(s/c(=C/c3cc([N+](=O)[O-])c(O)c([N+](=O)[O-])c3)c2=O)=N1. The number of allylic oxidation sites excluding steroid dienone is 1. The Kier molecular flexibility index (Phi) is 6.49. The number of benzene rings is 2. The molecule has 36 heavy (non-hydrogen) atoms. The first-order valence-corrected chi connectivity index (χ1v) is 11.3. The van der Waals surface area contributed by atoms with Crippen LogP contribution in [0.15, 0.2) is 63.5 Å². The smallest absolute Gasteiger partial charge is 0.338 e. The number of carbonyl (C=O) groups is 1. The molecule has 4 rings (SSSR count). The van der Waals surface area contributed by atoms with Crippen molar-refractivity contribution in [3.63, 3.8) is 0 Å². The fraction of sp³-hybridized carbons (Fsp3) is 0.174. The van der Waals surface area contributed by atoms with Crippen LogP contribution in [0.25, 0.3) is 6.08 Å². The Hall–Kier alpha value is -4.65. The summed E-state index contributed by atoms with van der Waals surface area (Å²) in [7, 11) is 1.24. The van der Waals surface area contributed by atoms with Gasteiger partial charge in [0, 0.05) is 12.1 Å².